The molecule has 4 atom stereocenters. The number of nitrogens with zero attached hydrogens (tertiary/aromatic N) is 1. The number of rotatable bonds is 2. The van der Waals surface area contributed by atoms with Gasteiger partial charge in [0, 0.05) is 9.80 Å². The predicted octanol–water partition coefficient (Wildman–Crippen LogP) is 1.32. The molecule has 0 saturated carbocycles. The summed E-state index contributed by atoms with van der Waals surface area (Å²) in [6.45, 7) is 3.68. The van der Waals surface area contributed by atoms with E-state index in [1.54, 1.807) is 24.3 Å². The molecule has 1 heterocycles. The Bertz CT molecular complexity index is 512. The minimum atomic E-state index is -1.22. The second-order valence-electron chi connectivity index (χ2n) is 4.13. The zero-order chi connectivity index (χ0) is 14.0. The van der Waals surface area contributed by atoms with Crippen LogP contribution >= 0.6 is 23.5 Å². The van der Waals surface area contributed by atoms with Crippen molar-refractivity contribution in [1.82, 2.24) is 0 Å². The molecular weight excluding hydrogens is 282 g/mol. The van der Waals surface area contributed by atoms with E-state index in [2.05, 4.69) is 6.58 Å². The van der Waals surface area contributed by atoms with Gasteiger partial charge in [0.05, 0.1) is 16.2 Å². The number of hydrogen-bond acceptors (Lipinski definition) is 6. The predicted molar refractivity (Wildman–Crippen MR) is 75.6 cm³/mol. The first kappa shape index (κ1) is 14.4. The first-order valence-electron chi connectivity index (χ1n) is 5.59. The Morgan fingerprint density at radius 1 is 1.16 bits per heavy atom. The van der Waals surface area contributed by atoms with Crippen LogP contribution < -0.4 is 0 Å². The van der Waals surface area contributed by atoms with Crippen LogP contribution in [0.15, 0.2) is 40.6 Å². The molecule has 2 rings (SSSR count). The van der Waals surface area contributed by atoms with E-state index >= 15 is 0 Å². The monoisotopic (exact) mass is 295 g/mol. The third-order valence-electron chi connectivity index (χ3n) is 2.79. The molecule has 0 bridgehead atoms. The molecule has 1 fully saturated rings. The van der Waals surface area contributed by atoms with E-state index in [1.165, 1.54) is 23.5 Å². The zero-order valence-electron chi connectivity index (χ0n) is 9.93. The van der Waals surface area contributed by atoms with Gasteiger partial charge in [0.1, 0.15) is 18.3 Å². The Labute approximate surface area is 119 Å². The Kier molecular flexibility index (Phi) is 4.55. The van der Waals surface area contributed by atoms with Crippen LogP contribution in [-0.4, -0.2) is 38.2 Å². The van der Waals surface area contributed by atoms with E-state index in [9.17, 15) is 15.3 Å². The van der Waals surface area contributed by atoms with Crippen LogP contribution in [0.3, 0.4) is 0 Å². The van der Waals surface area contributed by atoms with Crippen LogP contribution in [0.5, 0.6) is 0 Å². The normalized spacial score (nSPS) is 30.9. The van der Waals surface area contributed by atoms with E-state index in [1.807, 2.05) is 6.07 Å². The van der Waals surface area contributed by atoms with Gasteiger partial charge in [-0.2, -0.15) is 5.26 Å². The standard InChI is InChI=1S/C13H13NO3S2/c1-7-10(15)11(16)12(17)13(18-7)19-9-4-2-8(6-14)3-5-9/h2-5,10-13,15-17H,1H2/t10-,11+,12-,13+/m1/s1. The summed E-state index contributed by atoms with van der Waals surface area (Å²) in [5.74, 6) is 0. The minimum absolute atomic E-state index is 0.334. The topological polar surface area (TPSA) is 84.5 Å². The number of nitriles is 1. The summed E-state index contributed by atoms with van der Waals surface area (Å²) in [5.41, 5.74) is 0.570. The van der Waals surface area contributed by atoms with Crippen molar-refractivity contribution < 1.29 is 15.3 Å². The zero-order valence-corrected chi connectivity index (χ0v) is 11.6. The molecule has 19 heavy (non-hydrogen) atoms. The number of thioether (sulfide) groups is 2. The van der Waals surface area contributed by atoms with Crippen molar-refractivity contribution in [3.63, 3.8) is 0 Å². The summed E-state index contributed by atoms with van der Waals surface area (Å²) in [5, 5.41) is 38.0. The van der Waals surface area contributed by atoms with Crippen LogP contribution in [0, 0.1) is 11.3 Å². The molecule has 4 nitrogen and oxygen atoms in total. The lowest BCUT2D eigenvalue weighted by atomic mass is 10.1. The van der Waals surface area contributed by atoms with Crippen LogP contribution in [0.2, 0.25) is 0 Å². The molecule has 0 radical (unpaired) electrons. The second kappa shape index (κ2) is 5.99. The van der Waals surface area contributed by atoms with Crippen molar-refractivity contribution in [2.75, 3.05) is 0 Å². The molecule has 0 aromatic heterocycles. The lowest BCUT2D eigenvalue weighted by Gasteiger charge is -2.35. The van der Waals surface area contributed by atoms with Crippen molar-refractivity contribution in [2.45, 2.75) is 27.8 Å². The molecule has 0 amide bonds. The van der Waals surface area contributed by atoms with Gasteiger partial charge < -0.3 is 15.3 Å². The maximum Gasteiger partial charge on any atom is 0.113 e. The molecule has 3 N–H and O–H groups in total. The van der Waals surface area contributed by atoms with Crippen LogP contribution in [0.25, 0.3) is 0 Å². The van der Waals surface area contributed by atoms with Gasteiger partial charge in [0.25, 0.3) is 0 Å². The summed E-state index contributed by atoms with van der Waals surface area (Å²) in [7, 11) is 0. The molecule has 0 unspecified atom stereocenters. The highest BCUT2D eigenvalue weighted by Gasteiger charge is 2.39. The molecular formula is C13H13NO3S2. The minimum Gasteiger partial charge on any atom is -0.388 e. The summed E-state index contributed by atoms with van der Waals surface area (Å²) in [4.78, 5) is 1.33. The summed E-state index contributed by atoms with van der Waals surface area (Å²) in [6.07, 6.45) is -3.35. The van der Waals surface area contributed by atoms with Gasteiger partial charge in [-0.1, -0.05) is 6.58 Å². The first-order chi connectivity index (χ1) is 9.02. The van der Waals surface area contributed by atoms with Gasteiger partial charge in [-0.25, -0.2) is 0 Å². The average molecular weight is 295 g/mol. The fourth-order valence-corrected chi connectivity index (χ4v) is 4.30. The summed E-state index contributed by atoms with van der Waals surface area (Å²) in [6, 6.07) is 9.01. The second-order valence-corrected chi connectivity index (χ2v) is 6.91. The molecule has 0 aliphatic carbocycles. The maximum absolute atomic E-state index is 9.94. The van der Waals surface area contributed by atoms with Crippen molar-refractivity contribution in [2.24, 2.45) is 0 Å². The lowest BCUT2D eigenvalue weighted by molar-refractivity contribution is -0.0386. The molecule has 1 aromatic rings. The molecule has 1 aliphatic rings. The Hall–Kier alpha value is -0.970. The van der Waals surface area contributed by atoms with E-state index in [0.717, 1.165) is 4.90 Å². The largest absolute Gasteiger partial charge is 0.388 e. The quantitative estimate of drug-likeness (QED) is 0.763. The maximum atomic E-state index is 9.94. The van der Waals surface area contributed by atoms with Crippen molar-refractivity contribution in [1.29, 1.82) is 5.26 Å². The molecule has 1 saturated heterocycles. The third kappa shape index (κ3) is 3.14. The number of aliphatic hydroxyl groups excluding tert-OH is 3. The van der Waals surface area contributed by atoms with Crippen molar-refractivity contribution >= 4 is 23.5 Å². The van der Waals surface area contributed by atoms with Gasteiger partial charge in [-0.05, 0) is 24.3 Å². The van der Waals surface area contributed by atoms with Crippen molar-refractivity contribution in [3.8, 4) is 6.07 Å². The van der Waals surface area contributed by atoms with Crippen LogP contribution in [0.4, 0.5) is 0 Å². The Balaban J connectivity index is 2.09. The summed E-state index contributed by atoms with van der Waals surface area (Å²) < 4.78 is -0.334. The van der Waals surface area contributed by atoms with Gasteiger partial charge in [0.2, 0.25) is 0 Å². The van der Waals surface area contributed by atoms with Gasteiger partial charge in [-0.3, -0.25) is 0 Å². The van der Waals surface area contributed by atoms with E-state index in [4.69, 9.17) is 5.26 Å². The fourth-order valence-electron chi connectivity index (χ4n) is 1.66. The molecule has 1 aromatic carbocycles. The van der Waals surface area contributed by atoms with Crippen LogP contribution in [0.1, 0.15) is 5.56 Å². The lowest BCUT2D eigenvalue weighted by Crippen LogP contribution is -2.46. The molecule has 100 valence electrons. The van der Waals surface area contributed by atoms with Gasteiger partial charge >= 0.3 is 0 Å². The average Bonchev–Trinajstić information content (AvgIpc) is 2.43. The third-order valence-corrected chi connectivity index (χ3v) is 5.47. The fraction of sp³-hybridized carbons (Fsp3) is 0.308. The summed E-state index contributed by atoms with van der Waals surface area (Å²) >= 11 is 2.63. The van der Waals surface area contributed by atoms with E-state index < -0.39 is 18.3 Å². The Morgan fingerprint density at radius 2 is 1.79 bits per heavy atom. The highest BCUT2D eigenvalue weighted by Crippen LogP contribution is 2.43. The van der Waals surface area contributed by atoms with Crippen molar-refractivity contribution in [3.05, 3.63) is 41.3 Å². The van der Waals surface area contributed by atoms with Crippen LogP contribution in [-0.2, 0) is 0 Å². The van der Waals surface area contributed by atoms with E-state index in [-0.39, 0.29) is 4.58 Å². The molecule has 0 spiro atoms. The van der Waals surface area contributed by atoms with Gasteiger partial charge in [0.15, 0.2) is 0 Å². The van der Waals surface area contributed by atoms with Gasteiger partial charge in [-0.15, -0.1) is 23.5 Å². The number of benzene rings is 1. The SMILES string of the molecule is C=C1S[C@@H](Sc2ccc(C#N)cc2)[C@H](O)[C@@H](O)[C@@H]1O. The highest BCUT2D eigenvalue weighted by molar-refractivity contribution is 8.19. The number of aliphatic hydroxyl groups is 3. The number of hydrogen-bond donors (Lipinski definition) is 3. The van der Waals surface area contributed by atoms with E-state index in [0.29, 0.717) is 10.5 Å². The smallest absolute Gasteiger partial charge is 0.113 e. The molecule has 6 heteroatoms. The Morgan fingerprint density at radius 3 is 2.37 bits per heavy atom. The first-order valence-corrected chi connectivity index (χ1v) is 7.35. The molecule has 1 aliphatic heterocycles. The highest BCUT2D eigenvalue weighted by atomic mass is 32.2.